The topological polar surface area (TPSA) is 78.1 Å². The Morgan fingerprint density at radius 1 is 1.04 bits per heavy atom. The van der Waals surface area contributed by atoms with Crippen molar-refractivity contribution in [2.24, 2.45) is 0 Å². The summed E-state index contributed by atoms with van der Waals surface area (Å²) < 4.78 is 11.5. The molecule has 0 saturated carbocycles. The fourth-order valence-electron chi connectivity index (χ4n) is 2.47. The van der Waals surface area contributed by atoms with Crippen LogP contribution in [0.15, 0.2) is 59.1 Å². The maximum atomic E-state index is 11.9. The highest BCUT2D eigenvalue weighted by atomic mass is 32.1. The molecule has 26 heavy (non-hydrogen) atoms. The van der Waals surface area contributed by atoms with E-state index in [1.165, 1.54) is 0 Å². The highest BCUT2D eigenvalue weighted by molar-refractivity contribution is 7.18. The summed E-state index contributed by atoms with van der Waals surface area (Å²) in [5.41, 5.74) is 1.81. The number of carbonyl (C=O) groups excluding carboxylic acids is 1. The molecule has 0 saturated heterocycles. The quantitative estimate of drug-likeness (QED) is 0.480. The molecule has 0 unspecified atom stereocenters. The molecular formula is C19H15N3O3S. The third kappa shape index (κ3) is 3.78. The molecule has 0 spiro atoms. The van der Waals surface area contributed by atoms with Gasteiger partial charge in [-0.05, 0) is 12.1 Å². The second kappa shape index (κ2) is 7.45. The number of para-hydroxylation sites is 1. The van der Waals surface area contributed by atoms with E-state index in [9.17, 15) is 4.79 Å². The molecule has 0 amide bonds. The standard InChI is InChI=1S/C19H15N3O3S/c23-18(11-10-17-20-14-8-4-5-9-15(14)26-17)24-12-16-21-19(22-25-16)13-6-2-1-3-7-13/h1-9H,10-12H2. The van der Waals surface area contributed by atoms with Gasteiger partial charge >= 0.3 is 5.97 Å². The Morgan fingerprint density at radius 3 is 2.69 bits per heavy atom. The molecule has 130 valence electrons. The lowest BCUT2D eigenvalue weighted by atomic mass is 10.2. The molecule has 0 radical (unpaired) electrons. The van der Waals surface area contributed by atoms with Crippen molar-refractivity contribution in [3.8, 4) is 11.4 Å². The van der Waals surface area contributed by atoms with Crippen LogP contribution >= 0.6 is 11.3 Å². The summed E-state index contributed by atoms with van der Waals surface area (Å²) in [6.07, 6.45) is 0.816. The van der Waals surface area contributed by atoms with Crippen molar-refractivity contribution >= 4 is 27.5 Å². The summed E-state index contributed by atoms with van der Waals surface area (Å²) in [4.78, 5) is 20.7. The third-order valence-electron chi connectivity index (χ3n) is 3.74. The van der Waals surface area contributed by atoms with E-state index in [0.29, 0.717) is 12.2 Å². The molecule has 0 N–H and O–H groups in total. The molecule has 6 nitrogen and oxygen atoms in total. The second-order valence-electron chi connectivity index (χ2n) is 5.61. The fraction of sp³-hybridized carbons (Fsp3) is 0.158. The lowest BCUT2D eigenvalue weighted by molar-refractivity contribution is -0.145. The highest BCUT2D eigenvalue weighted by Crippen LogP contribution is 2.22. The van der Waals surface area contributed by atoms with Crippen LogP contribution in [0.4, 0.5) is 0 Å². The first kappa shape index (κ1) is 16.4. The van der Waals surface area contributed by atoms with E-state index in [4.69, 9.17) is 9.26 Å². The first-order chi connectivity index (χ1) is 12.8. The Balaban J connectivity index is 1.29. The van der Waals surface area contributed by atoms with Crippen LogP contribution in [-0.4, -0.2) is 21.1 Å². The monoisotopic (exact) mass is 365 g/mol. The van der Waals surface area contributed by atoms with E-state index in [2.05, 4.69) is 15.1 Å². The number of thiazole rings is 1. The Labute approximate surface area is 153 Å². The number of nitrogens with zero attached hydrogens (tertiary/aromatic N) is 3. The molecular weight excluding hydrogens is 350 g/mol. The van der Waals surface area contributed by atoms with Gasteiger partial charge in [-0.2, -0.15) is 4.98 Å². The van der Waals surface area contributed by atoms with Crippen LogP contribution < -0.4 is 0 Å². The Bertz CT molecular complexity index is 994. The Hall–Kier alpha value is -3.06. The van der Waals surface area contributed by atoms with Crippen molar-refractivity contribution in [3.63, 3.8) is 0 Å². The summed E-state index contributed by atoms with van der Waals surface area (Å²) >= 11 is 1.59. The molecule has 0 aliphatic carbocycles. The summed E-state index contributed by atoms with van der Waals surface area (Å²) in [7, 11) is 0. The van der Waals surface area contributed by atoms with Crippen molar-refractivity contribution in [2.45, 2.75) is 19.4 Å². The molecule has 0 atom stereocenters. The minimum atomic E-state index is -0.316. The van der Waals surface area contributed by atoms with Crippen LogP contribution in [-0.2, 0) is 22.6 Å². The fourth-order valence-corrected chi connectivity index (χ4v) is 3.44. The highest BCUT2D eigenvalue weighted by Gasteiger charge is 2.12. The van der Waals surface area contributed by atoms with Gasteiger partial charge in [0, 0.05) is 12.0 Å². The van der Waals surface area contributed by atoms with Gasteiger partial charge < -0.3 is 9.26 Å². The predicted octanol–water partition coefficient (Wildman–Crippen LogP) is 4.02. The van der Waals surface area contributed by atoms with Crippen molar-refractivity contribution < 1.29 is 14.1 Å². The maximum Gasteiger partial charge on any atom is 0.306 e. The number of benzene rings is 2. The maximum absolute atomic E-state index is 11.9. The van der Waals surface area contributed by atoms with E-state index < -0.39 is 0 Å². The summed E-state index contributed by atoms with van der Waals surface area (Å²) in [6, 6.07) is 17.4. The van der Waals surface area contributed by atoms with Crippen LogP contribution in [0.1, 0.15) is 17.3 Å². The first-order valence-corrected chi connectivity index (χ1v) is 8.98. The molecule has 2 heterocycles. The van der Waals surface area contributed by atoms with Gasteiger partial charge in [0.1, 0.15) is 0 Å². The summed E-state index contributed by atoms with van der Waals surface area (Å²) in [5, 5.41) is 4.82. The minimum absolute atomic E-state index is 0.0293. The van der Waals surface area contributed by atoms with Gasteiger partial charge in [-0.1, -0.05) is 47.6 Å². The van der Waals surface area contributed by atoms with Crippen LogP contribution in [0.25, 0.3) is 21.6 Å². The second-order valence-corrected chi connectivity index (χ2v) is 6.73. The molecule has 0 bridgehead atoms. The molecule has 0 aliphatic rings. The van der Waals surface area contributed by atoms with E-state index in [-0.39, 0.29) is 24.9 Å². The Morgan fingerprint density at radius 2 is 1.85 bits per heavy atom. The first-order valence-electron chi connectivity index (χ1n) is 8.16. The van der Waals surface area contributed by atoms with Crippen LogP contribution in [0, 0.1) is 0 Å². The number of carbonyl (C=O) groups is 1. The van der Waals surface area contributed by atoms with Crippen LogP contribution in [0.5, 0.6) is 0 Å². The minimum Gasteiger partial charge on any atom is -0.456 e. The van der Waals surface area contributed by atoms with E-state index in [1.807, 2.05) is 54.6 Å². The van der Waals surface area contributed by atoms with E-state index in [0.717, 1.165) is 20.8 Å². The van der Waals surface area contributed by atoms with Gasteiger partial charge in [0.2, 0.25) is 5.82 Å². The number of ether oxygens (including phenoxy) is 1. The smallest absolute Gasteiger partial charge is 0.306 e. The van der Waals surface area contributed by atoms with Crippen LogP contribution in [0.3, 0.4) is 0 Å². The number of aryl methyl sites for hydroxylation is 1. The van der Waals surface area contributed by atoms with Crippen molar-refractivity contribution in [1.82, 2.24) is 15.1 Å². The average Bonchev–Trinajstić information content (AvgIpc) is 3.32. The van der Waals surface area contributed by atoms with Gasteiger partial charge in [0.15, 0.2) is 6.61 Å². The molecule has 4 rings (SSSR count). The van der Waals surface area contributed by atoms with E-state index >= 15 is 0 Å². The van der Waals surface area contributed by atoms with E-state index in [1.54, 1.807) is 11.3 Å². The normalized spacial score (nSPS) is 10.9. The number of hydrogen-bond acceptors (Lipinski definition) is 7. The number of aromatic nitrogens is 3. The van der Waals surface area contributed by atoms with Crippen molar-refractivity contribution in [3.05, 3.63) is 65.5 Å². The van der Waals surface area contributed by atoms with Crippen LogP contribution in [0.2, 0.25) is 0 Å². The lowest BCUT2D eigenvalue weighted by Crippen LogP contribution is -2.06. The zero-order valence-electron chi connectivity index (χ0n) is 13.8. The van der Waals surface area contributed by atoms with Gasteiger partial charge in [-0.25, -0.2) is 4.98 Å². The molecule has 4 aromatic rings. The number of esters is 1. The predicted molar refractivity (Wildman–Crippen MR) is 97.5 cm³/mol. The van der Waals surface area contributed by atoms with Crippen molar-refractivity contribution in [1.29, 1.82) is 0 Å². The molecule has 0 aliphatic heterocycles. The zero-order valence-corrected chi connectivity index (χ0v) is 14.6. The molecule has 7 heteroatoms. The average molecular weight is 365 g/mol. The largest absolute Gasteiger partial charge is 0.456 e. The molecule has 0 fully saturated rings. The van der Waals surface area contributed by atoms with Gasteiger partial charge in [-0.15, -0.1) is 11.3 Å². The molecule has 2 aromatic heterocycles. The third-order valence-corrected chi connectivity index (χ3v) is 4.83. The Kier molecular flexibility index (Phi) is 4.70. The van der Waals surface area contributed by atoms with Gasteiger partial charge in [-0.3, -0.25) is 4.79 Å². The number of fused-ring (bicyclic) bond motifs is 1. The number of hydrogen-bond donors (Lipinski definition) is 0. The number of rotatable bonds is 6. The van der Waals surface area contributed by atoms with Crippen molar-refractivity contribution in [2.75, 3.05) is 0 Å². The zero-order chi connectivity index (χ0) is 17.8. The SMILES string of the molecule is O=C(CCc1nc2ccccc2s1)OCc1nc(-c2ccccc2)no1. The van der Waals surface area contributed by atoms with Gasteiger partial charge in [0.25, 0.3) is 5.89 Å². The summed E-state index contributed by atoms with van der Waals surface area (Å²) in [6.45, 7) is -0.0293. The van der Waals surface area contributed by atoms with Gasteiger partial charge in [0.05, 0.1) is 21.6 Å². The summed E-state index contributed by atoms with van der Waals surface area (Å²) in [5.74, 6) is 0.437. The lowest BCUT2D eigenvalue weighted by Gasteiger charge is -2.00. The molecule has 2 aromatic carbocycles.